The number of carbonyl (C=O) groups is 3. The molecule has 7 N–H and O–H groups in total. The lowest BCUT2D eigenvalue weighted by Crippen LogP contribution is -2.46. The highest BCUT2D eigenvalue weighted by Gasteiger charge is 2.50. The Morgan fingerprint density at radius 1 is 0.966 bits per heavy atom. The van der Waals surface area contributed by atoms with E-state index in [4.69, 9.17) is 18.9 Å². The number of ether oxygens (including phenoxy) is 4. The minimum atomic E-state index is -2.04. The number of piperazine rings is 1. The number of nitrogens with zero attached hydrogens (tertiary/aromatic N) is 2. The number of hydrazone groups is 1. The van der Waals surface area contributed by atoms with Gasteiger partial charge in [0.2, 0.25) is 0 Å². The standard InChI is InChI=1S/C42H56N4O12/c1-20-11-10-12-21(2)41(54)45-32-27(19-44-46-16-14-43-15-17-46)36(51)29-30(37(32)52)35(50)25(6)39-31(29)40(53)42(8,58-39)56-18-13-28(55-9)22(3)38(57-26(7)47)24(5)34(49)23(4)33(20)48/h10-13,18-20,22-24,28,33-34,38,43,48-52H,14-17H2,1-9H3,(H,45,54)/b11-10+,18-13+,21-12+,44-19?/t20-,22+,23+,24+,28-,33-,34+,38+,42-/m0/s1. The van der Waals surface area contributed by atoms with Crippen molar-refractivity contribution in [2.75, 3.05) is 38.6 Å². The van der Waals surface area contributed by atoms with Crippen LogP contribution in [0.25, 0.3) is 10.8 Å². The summed E-state index contributed by atoms with van der Waals surface area (Å²) in [6, 6.07) is 0. The maximum Gasteiger partial charge on any atom is 0.312 e. The number of aliphatic hydroxyl groups excluding tert-OH is 2. The molecule has 4 heterocycles. The number of carbonyl (C=O) groups excluding carboxylic acids is 3. The van der Waals surface area contributed by atoms with Crippen LogP contribution in [0, 0.1) is 30.6 Å². The van der Waals surface area contributed by atoms with Gasteiger partial charge in [0.15, 0.2) is 5.75 Å². The SMILES string of the molecule is CO[C@H]1/C=C/O[C@@]2(C)Oc3c(C)c(O)c4c(O)c(c(C=NN5CCNCC5)c(O)c4c3C2=O)NC(=O)/C(C)=C/C=C/[C@H](C)[C@H](O)[C@@H](C)[C@@H](O)[C@@H](C)[C@H](OC(C)=O)[C@@H]1C. The van der Waals surface area contributed by atoms with E-state index in [2.05, 4.69) is 15.7 Å². The van der Waals surface area contributed by atoms with Crippen LogP contribution in [-0.2, 0) is 23.8 Å². The van der Waals surface area contributed by atoms with Crippen molar-refractivity contribution in [3.05, 3.63) is 52.8 Å². The lowest BCUT2D eigenvalue weighted by Gasteiger charge is -2.38. The molecule has 316 valence electrons. The lowest BCUT2D eigenvalue weighted by atomic mass is 9.78. The van der Waals surface area contributed by atoms with Crippen molar-refractivity contribution in [2.24, 2.45) is 28.8 Å². The minimum absolute atomic E-state index is 0.0544. The molecule has 16 heteroatoms. The predicted molar refractivity (Wildman–Crippen MR) is 216 cm³/mol. The molecule has 4 aliphatic heterocycles. The second-order valence-corrected chi connectivity index (χ2v) is 15.6. The quantitative estimate of drug-likeness (QED) is 0.100. The molecule has 0 unspecified atom stereocenters. The largest absolute Gasteiger partial charge is 0.507 e. The van der Waals surface area contributed by atoms with Gasteiger partial charge in [-0.2, -0.15) is 5.10 Å². The minimum Gasteiger partial charge on any atom is -0.507 e. The summed E-state index contributed by atoms with van der Waals surface area (Å²) in [4.78, 5) is 40.4. The van der Waals surface area contributed by atoms with Crippen LogP contribution in [0.4, 0.5) is 5.69 Å². The van der Waals surface area contributed by atoms with E-state index in [9.17, 15) is 39.9 Å². The molecule has 0 aromatic heterocycles. The lowest BCUT2D eigenvalue weighted by molar-refractivity contribution is -0.160. The molecule has 4 aliphatic rings. The van der Waals surface area contributed by atoms with Crippen LogP contribution in [0.15, 0.2) is 41.2 Å². The maximum atomic E-state index is 14.4. The molecule has 1 fully saturated rings. The van der Waals surface area contributed by atoms with Crippen molar-refractivity contribution in [3.63, 3.8) is 0 Å². The topological polar surface area (TPSA) is 229 Å². The number of anilines is 1. The maximum absolute atomic E-state index is 14.4. The number of phenolic OH excluding ortho intramolecular Hbond substituents is 3. The molecule has 2 aromatic rings. The molecule has 0 radical (unpaired) electrons. The summed E-state index contributed by atoms with van der Waals surface area (Å²) in [5, 5.41) is 69.8. The number of hydrogen-bond donors (Lipinski definition) is 7. The molecular weight excluding hydrogens is 752 g/mol. The zero-order valence-electron chi connectivity index (χ0n) is 34.4. The van der Waals surface area contributed by atoms with E-state index >= 15 is 0 Å². The predicted octanol–water partition coefficient (Wildman–Crippen LogP) is 3.99. The summed E-state index contributed by atoms with van der Waals surface area (Å²) in [5.74, 6) is -8.36. The number of rotatable bonds is 4. The first-order valence-corrected chi connectivity index (χ1v) is 19.4. The number of amides is 1. The Morgan fingerprint density at radius 2 is 1.64 bits per heavy atom. The van der Waals surface area contributed by atoms with Gasteiger partial charge in [-0.1, -0.05) is 45.9 Å². The highest BCUT2D eigenvalue weighted by atomic mass is 16.7. The van der Waals surface area contributed by atoms with Crippen LogP contribution in [0.2, 0.25) is 0 Å². The molecule has 2 aromatic carbocycles. The third-order valence-corrected chi connectivity index (χ3v) is 11.5. The zero-order valence-corrected chi connectivity index (χ0v) is 34.4. The van der Waals surface area contributed by atoms with Gasteiger partial charge in [0.1, 0.15) is 23.4 Å². The van der Waals surface area contributed by atoms with Gasteiger partial charge in [0.25, 0.3) is 11.7 Å². The highest BCUT2D eigenvalue weighted by Crippen LogP contribution is 2.55. The van der Waals surface area contributed by atoms with Crippen molar-refractivity contribution < 1.29 is 58.9 Å². The molecule has 6 rings (SSSR count). The molecule has 1 amide bonds. The molecule has 16 nitrogen and oxygen atoms in total. The number of benzene rings is 2. The fraction of sp³-hybridized carbons (Fsp3) is 0.524. The van der Waals surface area contributed by atoms with Gasteiger partial charge in [-0.3, -0.25) is 19.4 Å². The molecule has 0 saturated carbocycles. The summed E-state index contributed by atoms with van der Waals surface area (Å²) < 4.78 is 23.6. The van der Waals surface area contributed by atoms with E-state index < -0.39 is 88.8 Å². The molecule has 1 saturated heterocycles. The van der Waals surface area contributed by atoms with Crippen molar-refractivity contribution in [3.8, 4) is 23.0 Å². The molecule has 0 aliphatic carbocycles. The first-order valence-electron chi connectivity index (χ1n) is 19.4. The van der Waals surface area contributed by atoms with E-state index in [1.165, 1.54) is 59.4 Å². The Labute approximate surface area is 337 Å². The summed E-state index contributed by atoms with van der Waals surface area (Å²) >= 11 is 0. The fourth-order valence-electron chi connectivity index (χ4n) is 7.78. The number of Topliss-reactive ketones (excluding diaryl/α,β-unsaturated/α-hetero) is 1. The number of nitrogens with one attached hydrogen (secondary N) is 2. The van der Waals surface area contributed by atoms with Crippen LogP contribution in [0.1, 0.15) is 70.0 Å². The first-order chi connectivity index (χ1) is 27.3. The zero-order chi connectivity index (χ0) is 42.8. The molecule has 58 heavy (non-hydrogen) atoms. The van der Waals surface area contributed by atoms with Crippen LogP contribution in [0.3, 0.4) is 0 Å². The number of hydrogen-bond acceptors (Lipinski definition) is 15. The number of esters is 1. The summed E-state index contributed by atoms with van der Waals surface area (Å²) in [5.41, 5.74) is -0.364. The highest BCUT2D eigenvalue weighted by molar-refractivity contribution is 6.23. The molecular formula is C42H56N4O12. The van der Waals surface area contributed by atoms with Gasteiger partial charge in [0, 0.05) is 87.3 Å². The van der Waals surface area contributed by atoms with Crippen molar-refractivity contribution in [1.82, 2.24) is 10.3 Å². The number of aromatic hydroxyl groups is 3. The summed E-state index contributed by atoms with van der Waals surface area (Å²) in [6.45, 7) is 14.9. The number of phenols is 3. The number of ketones is 1. The van der Waals surface area contributed by atoms with E-state index in [1.807, 2.05) is 0 Å². The van der Waals surface area contributed by atoms with Crippen LogP contribution >= 0.6 is 0 Å². The Morgan fingerprint density at radius 3 is 2.28 bits per heavy atom. The molecule has 5 bridgehead atoms. The monoisotopic (exact) mass is 808 g/mol. The van der Waals surface area contributed by atoms with Crippen molar-refractivity contribution in [1.29, 1.82) is 0 Å². The Bertz CT molecular complexity index is 2040. The average molecular weight is 809 g/mol. The summed E-state index contributed by atoms with van der Waals surface area (Å²) in [6.07, 6.45) is 4.83. The van der Waals surface area contributed by atoms with E-state index in [1.54, 1.807) is 44.9 Å². The fourth-order valence-corrected chi connectivity index (χ4v) is 7.78. The third kappa shape index (κ3) is 8.51. The molecule has 9 atom stereocenters. The number of fused-ring (bicyclic) bond motifs is 14. The van der Waals surface area contributed by atoms with E-state index in [-0.39, 0.29) is 44.5 Å². The van der Waals surface area contributed by atoms with Gasteiger partial charge < -0.3 is 55.1 Å². The first kappa shape index (κ1) is 44.0. The van der Waals surface area contributed by atoms with Crippen LogP contribution < -0.4 is 15.4 Å². The normalized spacial score (nSPS) is 32.1. The van der Waals surface area contributed by atoms with Crippen molar-refractivity contribution in [2.45, 2.75) is 85.6 Å². The average Bonchev–Trinajstić information content (AvgIpc) is 3.46. The van der Waals surface area contributed by atoms with Crippen LogP contribution in [-0.4, -0.2) is 118 Å². The van der Waals surface area contributed by atoms with Crippen LogP contribution in [0.5, 0.6) is 23.0 Å². The number of aliphatic hydroxyl groups is 2. The Balaban J connectivity index is 1.71. The Kier molecular flexibility index (Phi) is 13.5. The van der Waals surface area contributed by atoms with Gasteiger partial charge in [-0.15, -0.1) is 0 Å². The second-order valence-electron chi connectivity index (χ2n) is 15.6. The third-order valence-electron chi connectivity index (χ3n) is 11.5. The molecule has 0 spiro atoms. The Hall–Kier alpha value is -5.16. The van der Waals surface area contributed by atoms with Gasteiger partial charge in [-0.05, 0) is 19.9 Å². The smallest absolute Gasteiger partial charge is 0.312 e. The summed E-state index contributed by atoms with van der Waals surface area (Å²) in [7, 11) is 1.44. The number of methoxy groups -OCH3 is 1. The van der Waals surface area contributed by atoms with Crippen molar-refractivity contribution >= 4 is 40.3 Å². The van der Waals surface area contributed by atoms with Gasteiger partial charge in [0.05, 0.1) is 53.0 Å². The van der Waals surface area contributed by atoms with Gasteiger partial charge >= 0.3 is 11.8 Å². The number of allylic oxidation sites excluding steroid dienone is 2. The second kappa shape index (κ2) is 17.8. The van der Waals surface area contributed by atoms with E-state index in [0.29, 0.717) is 26.2 Å². The van der Waals surface area contributed by atoms with Gasteiger partial charge in [-0.25, -0.2) is 0 Å². The van der Waals surface area contributed by atoms with E-state index in [0.717, 1.165) is 0 Å².